The zero-order valence-electron chi connectivity index (χ0n) is 14.4. The number of nitrogens with zero attached hydrogens (tertiary/aromatic N) is 1. The van der Waals surface area contributed by atoms with Crippen LogP contribution in [0, 0.1) is 0 Å². The minimum Gasteiger partial charge on any atom is -0.494 e. The monoisotopic (exact) mass is 411 g/mol. The Hall–Kier alpha value is -1.68. The van der Waals surface area contributed by atoms with Crippen LogP contribution < -0.4 is 4.74 Å². The van der Waals surface area contributed by atoms with Gasteiger partial charge in [0, 0.05) is 34.7 Å². The van der Waals surface area contributed by atoms with Crippen molar-refractivity contribution in [2.75, 3.05) is 20.2 Å². The molecule has 2 aromatic rings. The van der Waals surface area contributed by atoms with Crippen molar-refractivity contribution in [3.63, 3.8) is 0 Å². The lowest BCUT2D eigenvalue weighted by atomic mass is 10.2. The number of carbonyl (C=O) groups is 1. The van der Waals surface area contributed by atoms with Crippen LogP contribution in [0.5, 0.6) is 5.75 Å². The molecule has 26 heavy (non-hydrogen) atoms. The van der Waals surface area contributed by atoms with Crippen molar-refractivity contribution < 1.29 is 9.53 Å². The van der Waals surface area contributed by atoms with Crippen molar-refractivity contribution in [3.05, 3.63) is 69.2 Å². The SMILES string of the molecule is CN(CCCCOc1ccc(Cl)cc1)C(=O)/C=C/c1ccc(Cl)cc1Cl. The average Bonchev–Trinajstić information content (AvgIpc) is 2.61. The molecule has 0 radical (unpaired) electrons. The first-order valence-electron chi connectivity index (χ1n) is 8.22. The van der Waals surface area contributed by atoms with Gasteiger partial charge in [-0.15, -0.1) is 0 Å². The summed E-state index contributed by atoms with van der Waals surface area (Å²) in [6.45, 7) is 1.25. The minimum absolute atomic E-state index is 0.0744. The molecule has 2 aromatic carbocycles. The molecule has 0 spiro atoms. The van der Waals surface area contributed by atoms with Gasteiger partial charge in [-0.3, -0.25) is 4.79 Å². The number of hydrogen-bond acceptors (Lipinski definition) is 2. The molecule has 0 fully saturated rings. The predicted molar refractivity (Wildman–Crippen MR) is 109 cm³/mol. The van der Waals surface area contributed by atoms with Crippen molar-refractivity contribution in [2.45, 2.75) is 12.8 Å². The highest BCUT2D eigenvalue weighted by atomic mass is 35.5. The first-order chi connectivity index (χ1) is 12.5. The Bertz CT molecular complexity index is 760. The van der Waals surface area contributed by atoms with Crippen molar-refractivity contribution in [1.29, 1.82) is 0 Å². The molecule has 0 aromatic heterocycles. The number of carbonyl (C=O) groups excluding carboxylic acids is 1. The van der Waals surface area contributed by atoms with Gasteiger partial charge in [0.2, 0.25) is 5.91 Å². The number of likely N-dealkylation sites (N-methyl/N-ethyl adjacent to an activating group) is 1. The maximum absolute atomic E-state index is 12.1. The van der Waals surface area contributed by atoms with Gasteiger partial charge in [-0.1, -0.05) is 40.9 Å². The lowest BCUT2D eigenvalue weighted by molar-refractivity contribution is -0.124. The molecule has 0 atom stereocenters. The molecular formula is C20H20Cl3NO2. The predicted octanol–water partition coefficient (Wildman–Crippen LogP) is 5.98. The zero-order chi connectivity index (χ0) is 18.9. The second kappa shape index (κ2) is 10.5. The largest absolute Gasteiger partial charge is 0.494 e. The highest BCUT2D eigenvalue weighted by molar-refractivity contribution is 6.35. The number of rotatable bonds is 8. The van der Waals surface area contributed by atoms with Crippen LogP contribution in [0.25, 0.3) is 6.08 Å². The van der Waals surface area contributed by atoms with Crippen LogP contribution in [0.2, 0.25) is 15.1 Å². The normalized spacial score (nSPS) is 10.9. The summed E-state index contributed by atoms with van der Waals surface area (Å²) in [4.78, 5) is 13.8. The van der Waals surface area contributed by atoms with E-state index >= 15 is 0 Å². The molecule has 0 saturated heterocycles. The van der Waals surface area contributed by atoms with Crippen molar-refractivity contribution >= 4 is 46.8 Å². The van der Waals surface area contributed by atoms with Gasteiger partial charge < -0.3 is 9.64 Å². The van der Waals surface area contributed by atoms with Crippen molar-refractivity contribution in [3.8, 4) is 5.75 Å². The van der Waals surface area contributed by atoms with E-state index < -0.39 is 0 Å². The number of halogens is 3. The summed E-state index contributed by atoms with van der Waals surface area (Å²) in [6, 6.07) is 12.4. The highest BCUT2D eigenvalue weighted by Crippen LogP contribution is 2.22. The maximum atomic E-state index is 12.1. The van der Waals surface area contributed by atoms with E-state index in [1.807, 2.05) is 12.1 Å². The summed E-state index contributed by atoms with van der Waals surface area (Å²) in [5.41, 5.74) is 0.759. The van der Waals surface area contributed by atoms with Gasteiger partial charge in [-0.2, -0.15) is 0 Å². The quantitative estimate of drug-likeness (QED) is 0.394. The first kappa shape index (κ1) is 20.6. The Labute approximate surface area is 169 Å². The summed E-state index contributed by atoms with van der Waals surface area (Å²) < 4.78 is 5.63. The number of amides is 1. The Morgan fingerprint density at radius 2 is 1.73 bits per heavy atom. The zero-order valence-corrected chi connectivity index (χ0v) is 16.7. The third kappa shape index (κ3) is 6.91. The van der Waals surface area contributed by atoms with Gasteiger partial charge in [0.1, 0.15) is 5.75 Å². The van der Waals surface area contributed by atoms with Crippen LogP contribution in [0.4, 0.5) is 0 Å². The molecule has 138 valence electrons. The average molecular weight is 413 g/mol. The standard InChI is InChI=1S/C20H20Cl3NO2/c1-24(12-2-3-13-26-18-9-7-16(21)8-10-18)20(25)11-5-15-4-6-17(22)14-19(15)23/h4-11,14H,2-3,12-13H2,1H3/b11-5+. The fraction of sp³-hybridized carbons (Fsp3) is 0.250. The van der Waals surface area contributed by atoms with Crippen LogP contribution in [-0.2, 0) is 4.79 Å². The summed E-state index contributed by atoms with van der Waals surface area (Å²) in [5.74, 6) is 0.719. The molecule has 2 rings (SSSR count). The molecule has 0 aliphatic heterocycles. The fourth-order valence-corrected chi connectivity index (χ4v) is 2.80. The van der Waals surface area contributed by atoms with Crippen molar-refractivity contribution in [1.82, 2.24) is 4.90 Å². The lowest BCUT2D eigenvalue weighted by Crippen LogP contribution is -2.26. The Kier molecular flexibility index (Phi) is 8.30. The summed E-state index contributed by atoms with van der Waals surface area (Å²) in [6.07, 6.45) is 4.92. The van der Waals surface area contributed by atoms with Gasteiger partial charge in [-0.25, -0.2) is 0 Å². The van der Waals surface area contributed by atoms with E-state index in [0.717, 1.165) is 24.2 Å². The van der Waals surface area contributed by atoms with E-state index in [4.69, 9.17) is 39.5 Å². The number of benzene rings is 2. The van der Waals surface area contributed by atoms with E-state index in [-0.39, 0.29) is 5.91 Å². The molecule has 3 nitrogen and oxygen atoms in total. The van der Waals surface area contributed by atoms with Gasteiger partial charge in [-0.05, 0) is 60.9 Å². The van der Waals surface area contributed by atoms with E-state index in [2.05, 4.69) is 0 Å². The number of unbranched alkanes of at least 4 members (excludes halogenated alkanes) is 1. The summed E-state index contributed by atoms with van der Waals surface area (Å²) in [5, 5.41) is 1.77. The molecular weight excluding hydrogens is 393 g/mol. The van der Waals surface area contributed by atoms with E-state index in [9.17, 15) is 4.79 Å². The van der Waals surface area contributed by atoms with Gasteiger partial charge in [0.25, 0.3) is 0 Å². The molecule has 0 aliphatic carbocycles. The summed E-state index contributed by atoms with van der Waals surface area (Å²) >= 11 is 17.8. The second-order valence-corrected chi connectivity index (χ2v) is 7.05. The molecule has 0 N–H and O–H groups in total. The molecule has 0 aliphatic rings. The van der Waals surface area contributed by atoms with Crippen LogP contribution in [-0.4, -0.2) is 31.0 Å². The number of hydrogen-bond donors (Lipinski definition) is 0. The third-order valence-electron chi connectivity index (χ3n) is 3.71. The second-order valence-electron chi connectivity index (χ2n) is 5.77. The van der Waals surface area contributed by atoms with Crippen LogP contribution in [0.3, 0.4) is 0 Å². The third-order valence-corrected chi connectivity index (χ3v) is 4.53. The van der Waals surface area contributed by atoms with Crippen LogP contribution in [0.1, 0.15) is 18.4 Å². The van der Waals surface area contributed by atoms with E-state index in [0.29, 0.717) is 28.2 Å². The van der Waals surface area contributed by atoms with Gasteiger partial charge in [0.15, 0.2) is 0 Å². The molecule has 0 bridgehead atoms. The Morgan fingerprint density at radius 1 is 1.04 bits per heavy atom. The maximum Gasteiger partial charge on any atom is 0.246 e. The highest BCUT2D eigenvalue weighted by Gasteiger charge is 2.05. The molecule has 0 unspecified atom stereocenters. The molecule has 6 heteroatoms. The van der Waals surface area contributed by atoms with Gasteiger partial charge >= 0.3 is 0 Å². The lowest BCUT2D eigenvalue weighted by Gasteiger charge is -2.15. The number of ether oxygens (including phenoxy) is 1. The smallest absolute Gasteiger partial charge is 0.246 e. The fourth-order valence-electron chi connectivity index (χ4n) is 2.21. The Balaban J connectivity index is 1.69. The molecule has 0 heterocycles. The molecule has 1 amide bonds. The topological polar surface area (TPSA) is 29.5 Å². The van der Waals surface area contributed by atoms with E-state index in [1.54, 1.807) is 48.4 Å². The van der Waals surface area contributed by atoms with E-state index in [1.165, 1.54) is 6.08 Å². The van der Waals surface area contributed by atoms with Crippen molar-refractivity contribution in [2.24, 2.45) is 0 Å². The first-order valence-corrected chi connectivity index (χ1v) is 9.35. The van der Waals surface area contributed by atoms with Gasteiger partial charge in [0.05, 0.1) is 6.61 Å². The summed E-state index contributed by atoms with van der Waals surface area (Å²) in [7, 11) is 1.77. The Morgan fingerprint density at radius 3 is 2.42 bits per heavy atom. The minimum atomic E-state index is -0.0744. The van der Waals surface area contributed by atoms with Crippen LogP contribution >= 0.6 is 34.8 Å². The van der Waals surface area contributed by atoms with Crippen LogP contribution in [0.15, 0.2) is 48.5 Å². The molecule has 0 saturated carbocycles.